The molecule has 0 aliphatic carbocycles. The molecule has 8 nitrogen and oxygen atoms in total. The molecule has 4 rings (SSSR count). The van der Waals surface area contributed by atoms with Crippen molar-refractivity contribution in [2.45, 2.75) is 65.6 Å². The summed E-state index contributed by atoms with van der Waals surface area (Å²) in [5, 5.41) is 10.6. The van der Waals surface area contributed by atoms with Gasteiger partial charge in [-0.15, -0.1) is 5.10 Å². The fourth-order valence-electron chi connectivity index (χ4n) is 4.71. The average molecular weight is 474 g/mol. The summed E-state index contributed by atoms with van der Waals surface area (Å²) >= 11 is 0. The van der Waals surface area contributed by atoms with E-state index < -0.39 is 0 Å². The van der Waals surface area contributed by atoms with E-state index in [0.29, 0.717) is 30.9 Å². The van der Waals surface area contributed by atoms with Crippen LogP contribution in [0, 0.1) is 13.8 Å². The summed E-state index contributed by atoms with van der Waals surface area (Å²) in [4.78, 5) is 26.6. The van der Waals surface area contributed by atoms with Gasteiger partial charge in [-0.3, -0.25) is 20.2 Å². The number of carbonyl (C=O) groups excluding carboxylic acids is 1. The van der Waals surface area contributed by atoms with Crippen molar-refractivity contribution >= 4 is 11.8 Å². The van der Waals surface area contributed by atoms with Gasteiger partial charge in [-0.25, -0.2) is 4.79 Å². The summed E-state index contributed by atoms with van der Waals surface area (Å²) in [6, 6.07) is 10.1. The number of amides is 2. The van der Waals surface area contributed by atoms with E-state index in [1.165, 1.54) is 16.7 Å². The second-order valence-corrected chi connectivity index (χ2v) is 9.63. The Labute approximate surface area is 207 Å². The SMILES string of the molecule is Cc1cnc(CN(Cc2ncccc2C(C)C)C2CCN(C(=O)Nc3cccnn3)CC2)c(C)c1. The molecule has 1 fully saturated rings. The molecule has 0 aromatic carbocycles. The largest absolute Gasteiger partial charge is 0.324 e. The van der Waals surface area contributed by atoms with Crippen molar-refractivity contribution < 1.29 is 4.79 Å². The van der Waals surface area contributed by atoms with Gasteiger partial charge in [-0.1, -0.05) is 26.0 Å². The highest BCUT2D eigenvalue weighted by Crippen LogP contribution is 2.25. The Kier molecular flexibility index (Phi) is 8.02. The Morgan fingerprint density at radius 1 is 1.09 bits per heavy atom. The highest BCUT2D eigenvalue weighted by molar-refractivity contribution is 5.88. The van der Waals surface area contributed by atoms with Gasteiger partial charge in [-0.05, 0) is 67.5 Å². The van der Waals surface area contributed by atoms with Gasteiger partial charge in [0.1, 0.15) is 0 Å². The van der Waals surface area contributed by atoms with Crippen LogP contribution in [0.4, 0.5) is 10.6 Å². The summed E-state index contributed by atoms with van der Waals surface area (Å²) < 4.78 is 0. The standard InChI is InChI=1S/C27H35N7O/c1-19(2)23-7-5-11-28-25(23)18-34(17-24-21(4)15-20(3)16-29-24)22-9-13-33(14-10-22)27(35)31-26-8-6-12-30-32-26/h5-8,11-12,15-16,19,22H,9-10,13-14,17-18H2,1-4H3,(H,31,32,35). The number of nitrogens with zero attached hydrogens (tertiary/aromatic N) is 6. The summed E-state index contributed by atoms with van der Waals surface area (Å²) in [7, 11) is 0. The lowest BCUT2D eigenvalue weighted by Crippen LogP contribution is -2.47. The zero-order valence-corrected chi connectivity index (χ0v) is 21.1. The summed E-state index contributed by atoms with van der Waals surface area (Å²) in [5.74, 6) is 0.880. The van der Waals surface area contributed by atoms with Gasteiger partial charge in [0.2, 0.25) is 0 Å². The number of urea groups is 1. The van der Waals surface area contributed by atoms with Gasteiger partial charge in [0.15, 0.2) is 5.82 Å². The molecule has 1 aliphatic rings. The van der Waals surface area contributed by atoms with Crippen LogP contribution < -0.4 is 5.32 Å². The third-order valence-electron chi connectivity index (χ3n) is 6.65. The highest BCUT2D eigenvalue weighted by Gasteiger charge is 2.28. The number of rotatable bonds is 7. The Balaban J connectivity index is 1.49. The lowest BCUT2D eigenvalue weighted by Gasteiger charge is -2.38. The first-order chi connectivity index (χ1) is 16.9. The van der Waals surface area contributed by atoms with Crippen molar-refractivity contribution in [3.05, 3.63) is 77.0 Å². The maximum atomic E-state index is 12.7. The van der Waals surface area contributed by atoms with Crippen molar-refractivity contribution in [2.75, 3.05) is 18.4 Å². The number of hydrogen-bond acceptors (Lipinski definition) is 6. The maximum Gasteiger partial charge on any atom is 0.323 e. The molecule has 0 spiro atoms. The predicted octanol–water partition coefficient (Wildman–Crippen LogP) is 4.71. The first kappa shape index (κ1) is 24.7. The van der Waals surface area contributed by atoms with Crippen LogP contribution in [0.25, 0.3) is 0 Å². The first-order valence-electron chi connectivity index (χ1n) is 12.3. The van der Waals surface area contributed by atoms with E-state index >= 15 is 0 Å². The minimum Gasteiger partial charge on any atom is -0.324 e. The van der Waals surface area contributed by atoms with Crippen molar-refractivity contribution in [1.29, 1.82) is 0 Å². The van der Waals surface area contributed by atoms with E-state index in [2.05, 4.69) is 60.2 Å². The fourth-order valence-corrected chi connectivity index (χ4v) is 4.71. The molecule has 0 unspecified atom stereocenters. The summed E-state index contributed by atoms with van der Waals surface area (Å²) in [5.41, 5.74) is 5.88. The maximum absolute atomic E-state index is 12.7. The molecule has 184 valence electrons. The Morgan fingerprint density at radius 2 is 1.83 bits per heavy atom. The van der Waals surface area contributed by atoms with Crippen molar-refractivity contribution in [3.63, 3.8) is 0 Å². The lowest BCUT2D eigenvalue weighted by atomic mass is 9.98. The number of hydrogen-bond donors (Lipinski definition) is 1. The second-order valence-electron chi connectivity index (χ2n) is 9.63. The lowest BCUT2D eigenvalue weighted by molar-refractivity contribution is 0.107. The molecule has 0 radical (unpaired) electrons. The van der Waals surface area contributed by atoms with E-state index in [1.807, 2.05) is 23.4 Å². The highest BCUT2D eigenvalue weighted by atomic mass is 16.2. The Hall–Kier alpha value is -3.39. The molecule has 35 heavy (non-hydrogen) atoms. The third-order valence-corrected chi connectivity index (χ3v) is 6.65. The van der Waals surface area contributed by atoms with Crippen LogP contribution in [-0.2, 0) is 13.1 Å². The van der Waals surface area contributed by atoms with Crippen molar-refractivity contribution in [2.24, 2.45) is 0 Å². The van der Waals surface area contributed by atoms with Gasteiger partial charge in [0, 0.05) is 50.8 Å². The molecule has 1 N–H and O–H groups in total. The van der Waals surface area contributed by atoms with E-state index in [4.69, 9.17) is 9.97 Å². The number of likely N-dealkylation sites (tertiary alicyclic amines) is 1. The van der Waals surface area contributed by atoms with Crippen LogP contribution in [0.2, 0.25) is 0 Å². The topological polar surface area (TPSA) is 87.1 Å². The number of carbonyl (C=O) groups is 1. The van der Waals surface area contributed by atoms with Crippen LogP contribution in [0.5, 0.6) is 0 Å². The average Bonchev–Trinajstić information content (AvgIpc) is 2.86. The number of nitrogens with one attached hydrogen (secondary N) is 1. The van der Waals surface area contributed by atoms with Crippen LogP contribution in [0.3, 0.4) is 0 Å². The van der Waals surface area contributed by atoms with E-state index in [-0.39, 0.29) is 6.03 Å². The summed E-state index contributed by atoms with van der Waals surface area (Å²) in [6.07, 6.45) is 7.20. The van der Waals surface area contributed by atoms with Crippen molar-refractivity contribution in [1.82, 2.24) is 30.0 Å². The molecule has 0 bridgehead atoms. The number of aromatic nitrogens is 4. The molecule has 8 heteroatoms. The monoisotopic (exact) mass is 473 g/mol. The van der Waals surface area contributed by atoms with E-state index in [9.17, 15) is 4.79 Å². The van der Waals surface area contributed by atoms with Crippen LogP contribution in [0.15, 0.2) is 48.9 Å². The zero-order chi connectivity index (χ0) is 24.8. The fraction of sp³-hybridized carbons (Fsp3) is 0.444. The molecular weight excluding hydrogens is 438 g/mol. The summed E-state index contributed by atoms with van der Waals surface area (Å²) in [6.45, 7) is 11.5. The zero-order valence-electron chi connectivity index (χ0n) is 21.1. The van der Waals surface area contributed by atoms with Gasteiger partial charge in [0.25, 0.3) is 0 Å². The van der Waals surface area contributed by atoms with Gasteiger partial charge in [0.05, 0.1) is 11.4 Å². The van der Waals surface area contributed by atoms with Crippen LogP contribution >= 0.6 is 0 Å². The number of anilines is 1. The molecule has 4 heterocycles. The van der Waals surface area contributed by atoms with Gasteiger partial charge in [-0.2, -0.15) is 5.10 Å². The third kappa shape index (κ3) is 6.39. The molecule has 1 aliphatic heterocycles. The molecule has 0 saturated carbocycles. The predicted molar refractivity (Wildman–Crippen MR) is 137 cm³/mol. The van der Waals surface area contributed by atoms with E-state index in [1.54, 1.807) is 18.3 Å². The molecule has 1 saturated heterocycles. The normalized spacial score (nSPS) is 14.5. The first-order valence-corrected chi connectivity index (χ1v) is 12.3. The second kappa shape index (κ2) is 11.4. The Morgan fingerprint density at radius 3 is 2.51 bits per heavy atom. The quantitative estimate of drug-likeness (QED) is 0.535. The minimum absolute atomic E-state index is 0.127. The molecule has 3 aromatic heterocycles. The van der Waals surface area contributed by atoms with Crippen LogP contribution in [-0.4, -0.2) is 55.1 Å². The molecule has 2 amide bonds. The van der Waals surface area contributed by atoms with Crippen molar-refractivity contribution in [3.8, 4) is 0 Å². The van der Waals surface area contributed by atoms with Gasteiger partial charge >= 0.3 is 6.03 Å². The van der Waals surface area contributed by atoms with E-state index in [0.717, 1.165) is 37.3 Å². The molecule has 0 atom stereocenters. The molecule has 3 aromatic rings. The molecular formula is C27H35N7O. The number of piperidine rings is 1. The smallest absolute Gasteiger partial charge is 0.323 e. The minimum atomic E-state index is -0.127. The van der Waals surface area contributed by atoms with Crippen LogP contribution in [0.1, 0.15) is 60.7 Å². The Bertz CT molecular complexity index is 1130. The van der Waals surface area contributed by atoms with Gasteiger partial charge < -0.3 is 4.90 Å². The number of aryl methyl sites for hydroxylation is 2. The number of pyridine rings is 2.